The van der Waals surface area contributed by atoms with Crippen molar-refractivity contribution in [2.45, 2.75) is 6.92 Å². The summed E-state index contributed by atoms with van der Waals surface area (Å²) in [5.74, 6) is -1.51. The Balaban J connectivity index is 2.84. The molecule has 5 heteroatoms. The van der Waals surface area contributed by atoms with Crippen molar-refractivity contribution in [3.63, 3.8) is 0 Å². The number of aliphatic hydroxyl groups excluding tert-OH is 1. The SMILES string of the molecule is C/C(O)=C(/C#N)C(=O)Nc1ccc(F)cc1. The normalized spacial score (nSPS) is 11.3. The first-order chi connectivity index (χ1) is 7.54. The van der Waals surface area contributed by atoms with Gasteiger partial charge in [0.25, 0.3) is 5.91 Å². The number of carbonyl (C=O) groups is 1. The molecule has 0 heterocycles. The van der Waals surface area contributed by atoms with Gasteiger partial charge in [0.05, 0.1) is 0 Å². The van der Waals surface area contributed by atoms with E-state index in [0.29, 0.717) is 5.69 Å². The van der Waals surface area contributed by atoms with Gasteiger partial charge in [-0.1, -0.05) is 0 Å². The molecule has 0 bridgehead atoms. The van der Waals surface area contributed by atoms with Gasteiger partial charge >= 0.3 is 0 Å². The number of nitrogens with zero attached hydrogens (tertiary/aromatic N) is 1. The Bertz CT molecular complexity index is 468. The number of aliphatic hydroxyl groups is 1. The predicted molar refractivity (Wildman–Crippen MR) is 56.0 cm³/mol. The summed E-state index contributed by atoms with van der Waals surface area (Å²) >= 11 is 0. The van der Waals surface area contributed by atoms with Gasteiger partial charge in [0.15, 0.2) is 5.57 Å². The largest absolute Gasteiger partial charge is 0.511 e. The quantitative estimate of drug-likeness (QED) is 0.455. The molecule has 1 aromatic carbocycles. The van der Waals surface area contributed by atoms with Gasteiger partial charge < -0.3 is 10.4 Å². The van der Waals surface area contributed by atoms with E-state index >= 15 is 0 Å². The molecule has 0 aliphatic rings. The number of nitrogens with one attached hydrogen (secondary N) is 1. The Labute approximate surface area is 91.6 Å². The Morgan fingerprint density at radius 1 is 1.44 bits per heavy atom. The van der Waals surface area contributed by atoms with Gasteiger partial charge in [-0.3, -0.25) is 4.79 Å². The van der Waals surface area contributed by atoms with Crippen molar-refractivity contribution in [3.8, 4) is 6.07 Å². The van der Waals surface area contributed by atoms with Crippen LogP contribution in [0.5, 0.6) is 0 Å². The summed E-state index contributed by atoms with van der Waals surface area (Å²) in [4.78, 5) is 11.4. The topological polar surface area (TPSA) is 73.1 Å². The zero-order chi connectivity index (χ0) is 12.1. The third-order valence-electron chi connectivity index (χ3n) is 1.80. The second-order valence-electron chi connectivity index (χ2n) is 3.03. The van der Waals surface area contributed by atoms with E-state index in [4.69, 9.17) is 10.4 Å². The number of anilines is 1. The molecule has 0 aliphatic carbocycles. The van der Waals surface area contributed by atoms with Gasteiger partial charge in [-0.15, -0.1) is 0 Å². The summed E-state index contributed by atoms with van der Waals surface area (Å²) in [6.45, 7) is 1.24. The molecule has 0 aromatic heterocycles. The molecular weight excluding hydrogens is 211 g/mol. The lowest BCUT2D eigenvalue weighted by atomic mass is 10.2. The molecule has 0 saturated heterocycles. The molecule has 0 saturated carbocycles. The van der Waals surface area contributed by atoms with Crippen molar-refractivity contribution in [2.75, 3.05) is 5.32 Å². The molecule has 16 heavy (non-hydrogen) atoms. The third kappa shape index (κ3) is 2.82. The lowest BCUT2D eigenvalue weighted by Gasteiger charge is -2.04. The standard InChI is InChI=1S/C11H9FN2O2/c1-7(15)10(6-13)11(16)14-9-4-2-8(12)3-5-9/h2-5,15H,1H3,(H,14,16)/b10-7+. The van der Waals surface area contributed by atoms with E-state index in [1.54, 1.807) is 6.07 Å². The average Bonchev–Trinajstić information content (AvgIpc) is 2.22. The van der Waals surface area contributed by atoms with Crippen LogP contribution >= 0.6 is 0 Å². The van der Waals surface area contributed by atoms with Gasteiger partial charge in [-0.05, 0) is 31.2 Å². The molecule has 1 aromatic rings. The van der Waals surface area contributed by atoms with Crippen LogP contribution in [0.4, 0.5) is 10.1 Å². The van der Waals surface area contributed by atoms with Crippen molar-refractivity contribution in [1.82, 2.24) is 0 Å². The maximum absolute atomic E-state index is 12.6. The van der Waals surface area contributed by atoms with Crippen molar-refractivity contribution in [3.05, 3.63) is 41.4 Å². The summed E-state index contributed by atoms with van der Waals surface area (Å²) < 4.78 is 12.6. The molecule has 2 N–H and O–H groups in total. The number of hydrogen-bond donors (Lipinski definition) is 2. The molecule has 0 fully saturated rings. The van der Waals surface area contributed by atoms with E-state index in [1.807, 2.05) is 0 Å². The highest BCUT2D eigenvalue weighted by atomic mass is 19.1. The summed E-state index contributed by atoms with van der Waals surface area (Å²) in [7, 11) is 0. The molecule has 1 amide bonds. The first-order valence-electron chi connectivity index (χ1n) is 4.41. The van der Waals surface area contributed by atoms with E-state index in [-0.39, 0.29) is 11.3 Å². The average molecular weight is 220 g/mol. The van der Waals surface area contributed by atoms with Crippen LogP contribution in [0.3, 0.4) is 0 Å². The van der Waals surface area contributed by atoms with Crippen molar-refractivity contribution in [2.24, 2.45) is 0 Å². The zero-order valence-corrected chi connectivity index (χ0v) is 8.49. The van der Waals surface area contributed by atoms with Crippen LogP contribution in [-0.4, -0.2) is 11.0 Å². The second-order valence-corrected chi connectivity index (χ2v) is 3.03. The Morgan fingerprint density at radius 3 is 2.44 bits per heavy atom. The highest BCUT2D eigenvalue weighted by Gasteiger charge is 2.12. The van der Waals surface area contributed by atoms with Crippen LogP contribution in [0.1, 0.15) is 6.92 Å². The summed E-state index contributed by atoms with van der Waals surface area (Å²) in [5, 5.41) is 20.0. The van der Waals surface area contributed by atoms with Gasteiger partial charge in [0.1, 0.15) is 17.6 Å². The fourth-order valence-electron chi connectivity index (χ4n) is 1.02. The van der Waals surface area contributed by atoms with Crippen LogP contribution in [0.2, 0.25) is 0 Å². The van der Waals surface area contributed by atoms with Crippen LogP contribution in [-0.2, 0) is 4.79 Å². The molecule has 0 radical (unpaired) electrons. The second kappa shape index (κ2) is 4.94. The van der Waals surface area contributed by atoms with Crippen LogP contribution in [0, 0.1) is 17.1 Å². The van der Waals surface area contributed by atoms with E-state index < -0.39 is 11.7 Å². The summed E-state index contributed by atoms with van der Waals surface area (Å²) in [6.07, 6.45) is 0. The Kier molecular flexibility index (Phi) is 3.62. The number of allylic oxidation sites excluding steroid dienone is 1. The van der Waals surface area contributed by atoms with E-state index in [9.17, 15) is 9.18 Å². The zero-order valence-electron chi connectivity index (χ0n) is 8.49. The number of hydrogen-bond acceptors (Lipinski definition) is 3. The van der Waals surface area contributed by atoms with Crippen molar-refractivity contribution in [1.29, 1.82) is 5.26 Å². The van der Waals surface area contributed by atoms with E-state index in [0.717, 1.165) is 0 Å². The third-order valence-corrected chi connectivity index (χ3v) is 1.80. The number of halogens is 1. The molecule has 82 valence electrons. The maximum atomic E-state index is 12.6. The van der Waals surface area contributed by atoms with Gasteiger partial charge in [0.2, 0.25) is 0 Å². The first kappa shape index (κ1) is 11.7. The van der Waals surface area contributed by atoms with Crippen molar-refractivity contribution < 1.29 is 14.3 Å². The highest BCUT2D eigenvalue weighted by Crippen LogP contribution is 2.10. The van der Waals surface area contributed by atoms with E-state index in [2.05, 4.69) is 5.32 Å². The molecule has 4 nitrogen and oxygen atoms in total. The lowest BCUT2D eigenvalue weighted by Crippen LogP contribution is -2.14. The summed E-state index contributed by atoms with van der Waals surface area (Å²) in [6, 6.07) is 6.64. The highest BCUT2D eigenvalue weighted by molar-refractivity contribution is 6.06. The summed E-state index contributed by atoms with van der Waals surface area (Å²) in [5.41, 5.74) is -0.0234. The number of rotatable bonds is 2. The predicted octanol–water partition coefficient (Wildman–Crippen LogP) is 2.12. The lowest BCUT2D eigenvalue weighted by molar-refractivity contribution is -0.112. The number of amides is 1. The smallest absolute Gasteiger partial charge is 0.269 e. The number of nitriles is 1. The molecule has 0 aliphatic heterocycles. The number of benzene rings is 1. The van der Waals surface area contributed by atoms with Crippen LogP contribution in [0.15, 0.2) is 35.6 Å². The Morgan fingerprint density at radius 2 is 2.00 bits per heavy atom. The molecule has 0 spiro atoms. The number of carbonyl (C=O) groups excluding carboxylic acids is 1. The molecule has 0 unspecified atom stereocenters. The maximum Gasteiger partial charge on any atom is 0.269 e. The fourth-order valence-corrected chi connectivity index (χ4v) is 1.02. The van der Waals surface area contributed by atoms with Gasteiger partial charge in [0, 0.05) is 5.69 Å². The minimum atomic E-state index is -0.728. The fraction of sp³-hybridized carbons (Fsp3) is 0.0909. The Hall–Kier alpha value is -2.35. The molecule has 0 atom stereocenters. The van der Waals surface area contributed by atoms with Gasteiger partial charge in [-0.25, -0.2) is 4.39 Å². The minimum Gasteiger partial charge on any atom is -0.511 e. The molecule has 1 rings (SSSR count). The minimum absolute atomic E-state index is 0.348. The van der Waals surface area contributed by atoms with Crippen LogP contribution < -0.4 is 5.32 Å². The molecular formula is C11H9FN2O2. The first-order valence-corrected chi connectivity index (χ1v) is 4.41. The monoisotopic (exact) mass is 220 g/mol. The van der Waals surface area contributed by atoms with Crippen LogP contribution in [0.25, 0.3) is 0 Å². The van der Waals surface area contributed by atoms with E-state index in [1.165, 1.54) is 31.2 Å². The van der Waals surface area contributed by atoms with Crippen molar-refractivity contribution >= 4 is 11.6 Å². The van der Waals surface area contributed by atoms with Gasteiger partial charge in [-0.2, -0.15) is 5.26 Å².